The van der Waals surface area contributed by atoms with Crippen molar-refractivity contribution < 1.29 is 18.9 Å². The first-order valence-corrected chi connectivity index (χ1v) is 10.4. The standard InChI is InChI=1S/C16H8O4S4/c1-7-8(18-5-17-7)2-12-11(1)21-15(22-12)16-23-13-3-9-10(20-6-19-9)4-14(13)24-16/h1-4H,5-6H2. The molecule has 0 spiro atoms. The van der Waals surface area contributed by atoms with Crippen LogP contribution in [-0.2, 0) is 0 Å². The van der Waals surface area contributed by atoms with E-state index in [1.165, 1.54) is 28.1 Å². The highest BCUT2D eigenvalue weighted by Gasteiger charge is 2.30. The Hall–Kier alpha value is -1.22. The Morgan fingerprint density at radius 3 is 1.08 bits per heavy atom. The highest BCUT2D eigenvalue weighted by Crippen LogP contribution is 2.63. The molecule has 0 bridgehead atoms. The van der Waals surface area contributed by atoms with E-state index in [0.29, 0.717) is 13.6 Å². The van der Waals surface area contributed by atoms with E-state index in [2.05, 4.69) is 24.3 Å². The summed E-state index contributed by atoms with van der Waals surface area (Å²) in [5, 5.41) is 0. The molecule has 0 aromatic heterocycles. The lowest BCUT2D eigenvalue weighted by Gasteiger charge is -1.98. The predicted molar refractivity (Wildman–Crippen MR) is 95.6 cm³/mol. The molecule has 4 nitrogen and oxygen atoms in total. The van der Waals surface area contributed by atoms with Crippen LogP contribution in [0.5, 0.6) is 23.0 Å². The van der Waals surface area contributed by atoms with E-state index in [1.807, 2.05) is 0 Å². The molecule has 4 aliphatic rings. The normalized spacial score (nSPS) is 19.0. The van der Waals surface area contributed by atoms with Crippen molar-refractivity contribution in [3.8, 4) is 23.0 Å². The summed E-state index contributed by atoms with van der Waals surface area (Å²) in [5.74, 6) is 3.37. The molecule has 4 heterocycles. The zero-order valence-corrected chi connectivity index (χ0v) is 15.3. The van der Waals surface area contributed by atoms with Crippen LogP contribution in [0.15, 0.2) is 52.3 Å². The predicted octanol–water partition coefficient (Wildman–Crippen LogP) is 5.37. The minimum absolute atomic E-state index is 0.317. The fourth-order valence-electron chi connectivity index (χ4n) is 2.74. The number of hydrogen-bond acceptors (Lipinski definition) is 8. The summed E-state index contributed by atoms with van der Waals surface area (Å²) in [6, 6.07) is 8.32. The van der Waals surface area contributed by atoms with E-state index in [0.717, 1.165) is 23.0 Å². The van der Waals surface area contributed by atoms with E-state index in [4.69, 9.17) is 18.9 Å². The Morgan fingerprint density at radius 2 is 0.792 bits per heavy atom. The van der Waals surface area contributed by atoms with Gasteiger partial charge in [0.25, 0.3) is 0 Å². The Bertz CT molecular complexity index is 795. The van der Waals surface area contributed by atoms with Gasteiger partial charge in [0.2, 0.25) is 13.6 Å². The second kappa shape index (κ2) is 5.14. The zero-order chi connectivity index (χ0) is 15.7. The first kappa shape index (κ1) is 14.0. The molecule has 0 saturated carbocycles. The summed E-state index contributed by atoms with van der Waals surface area (Å²) in [6.07, 6.45) is 0. The smallest absolute Gasteiger partial charge is 0.231 e. The van der Waals surface area contributed by atoms with Gasteiger partial charge in [0.05, 0.1) is 8.47 Å². The molecule has 0 radical (unpaired) electrons. The molecule has 0 fully saturated rings. The largest absolute Gasteiger partial charge is 0.454 e. The lowest BCUT2D eigenvalue weighted by molar-refractivity contribution is 0.173. The average molecular weight is 393 g/mol. The summed E-state index contributed by atoms with van der Waals surface area (Å²) in [4.78, 5) is 4.94. The van der Waals surface area contributed by atoms with E-state index < -0.39 is 0 Å². The van der Waals surface area contributed by atoms with Crippen LogP contribution >= 0.6 is 47.0 Å². The Morgan fingerprint density at radius 1 is 0.500 bits per heavy atom. The number of thioether (sulfide) groups is 4. The minimum Gasteiger partial charge on any atom is -0.454 e. The topological polar surface area (TPSA) is 36.9 Å². The van der Waals surface area contributed by atoms with Crippen molar-refractivity contribution >= 4 is 47.0 Å². The monoisotopic (exact) mass is 392 g/mol. The maximum Gasteiger partial charge on any atom is 0.231 e. The lowest BCUT2D eigenvalue weighted by Crippen LogP contribution is -1.92. The molecule has 0 N–H and O–H groups in total. The third-order valence-corrected chi connectivity index (χ3v) is 9.42. The van der Waals surface area contributed by atoms with Crippen LogP contribution in [0.2, 0.25) is 0 Å². The number of benzene rings is 2. The molecule has 0 saturated heterocycles. The molecule has 6 rings (SSSR count). The van der Waals surface area contributed by atoms with Gasteiger partial charge in [-0.25, -0.2) is 0 Å². The van der Waals surface area contributed by atoms with Gasteiger partial charge in [0, 0.05) is 19.6 Å². The van der Waals surface area contributed by atoms with Crippen LogP contribution in [0, 0.1) is 0 Å². The molecule has 0 aliphatic carbocycles. The maximum atomic E-state index is 5.48. The van der Waals surface area contributed by atoms with Gasteiger partial charge in [-0.3, -0.25) is 0 Å². The molecule has 120 valence electrons. The fraction of sp³-hybridized carbons (Fsp3) is 0.125. The van der Waals surface area contributed by atoms with Gasteiger partial charge in [0.1, 0.15) is 0 Å². The molecule has 0 amide bonds. The average Bonchev–Trinajstić information content (AvgIpc) is 3.33. The maximum absolute atomic E-state index is 5.48. The molecule has 4 aliphatic heterocycles. The SMILES string of the molecule is c1c2c(cc3c1SC(=C1Sc4cc5c(cc4S1)OCO5)S3)OCO2. The zero-order valence-electron chi connectivity index (χ0n) is 12.0. The molecule has 0 unspecified atom stereocenters. The van der Waals surface area contributed by atoms with Crippen molar-refractivity contribution in [2.45, 2.75) is 19.6 Å². The lowest BCUT2D eigenvalue weighted by atomic mass is 10.3. The van der Waals surface area contributed by atoms with Gasteiger partial charge in [0.15, 0.2) is 23.0 Å². The molecule has 2 aromatic carbocycles. The molecule has 0 atom stereocenters. The van der Waals surface area contributed by atoms with E-state index in [-0.39, 0.29) is 0 Å². The van der Waals surface area contributed by atoms with E-state index >= 15 is 0 Å². The van der Waals surface area contributed by atoms with Gasteiger partial charge in [-0.1, -0.05) is 47.0 Å². The van der Waals surface area contributed by atoms with Crippen molar-refractivity contribution in [3.05, 3.63) is 32.7 Å². The summed E-state index contributed by atoms with van der Waals surface area (Å²) < 4.78 is 24.5. The summed E-state index contributed by atoms with van der Waals surface area (Å²) in [7, 11) is 0. The van der Waals surface area contributed by atoms with Crippen LogP contribution in [0.25, 0.3) is 0 Å². The van der Waals surface area contributed by atoms with E-state index in [9.17, 15) is 0 Å². The quantitative estimate of drug-likeness (QED) is 0.593. The molecule has 2 aromatic rings. The van der Waals surface area contributed by atoms with Crippen LogP contribution in [0.1, 0.15) is 0 Å². The van der Waals surface area contributed by atoms with Gasteiger partial charge in [-0.2, -0.15) is 0 Å². The fourth-order valence-corrected chi connectivity index (χ4v) is 8.08. The Balaban J connectivity index is 1.34. The van der Waals surface area contributed by atoms with Crippen molar-refractivity contribution in [3.63, 3.8) is 0 Å². The van der Waals surface area contributed by atoms with Gasteiger partial charge >= 0.3 is 0 Å². The highest BCUT2D eigenvalue weighted by molar-refractivity contribution is 8.30. The van der Waals surface area contributed by atoms with E-state index in [1.54, 1.807) is 47.0 Å². The third-order valence-electron chi connectivity index (χ3n) is 3.86. The number of ether oxygens (including phenoxy) is 4. The van der Waals surface area contributed by atoms with Gasteiger partial charge < -0.3 is 18.9 Å². The second-order valence-corrected chi connectivity index (χ2v) is 10.0. The van der Waals surface area contributed by atoms with Gasteiger partial charge in [-0.15, -0.1) is 0 Å². The molecule has 8 heteroatoms. The summed E-state index contributed by atoms with van der Waals surface area (Å²) in [5.41, 5.74) is 0. The van der Waals surface area contributed by atoms with Crippen molar-refractivity contribution in [2.24, 2.45) is 0 Å². The van der Waals surface area contributed by atoms with Crippen molar-refractivity contribution in [2.75, 3.05) is 13.6 Å². The van der Waals surface area contributed by atoms with Crippen molar-refractivity contribution in [1.29, 1.82) is 0 Å². The summed E-state index contributed by atoms with van der Waals surface area (Å²) in [6.45, 7) is 0.634. The van der Waals surface area contributed by atoms with Crippen LogP contribution in [0.4, 0.5) is 0 Å². The highest BCUT2D eigenvalue weighted by atomic mass is 32.2. The van der Waals surface area contributed by atoms with Crippen LogP contribution in [0.3, 0.4) is 0 Å². The Kier molecular flexibility index (Phi) is 3.00. The third kappa shape index (κ3) is 2.06. The molecule has 24 heavy (non-hydrogen) atoms. The summed E-state index contributed by atoms with van der Waals surface area (Å²) >= 11 is 7.20. The van der Waals surface area contributed by atoms with Crippen LogP contribution in [-0.4, -0.2) is 13.6 Å². The van der Waals surface area contributed by atoms with Gasteiger partial charge in [-0.05, 0) is 24.3 Å². The second-order valence-electron chi connectivity index (χ2n) is 5.29. The Labute approximate surface area is 154 Å². The number of rotatable bonds is 0. The van der Waals surface area contributed by atoms with Crippen LogP contribution < -0.4 is 18.9 Å². The van der Waals surface area contributed by atoms with Crippen molar-refractivity contribution in [1.82, 2.24) is 0 Å². The first-order chi connectivity index (χ1) is 11.8. The number of hydrogen-bond donors (Lipinski definition) is 0. The number of fused-ring (bicyclic) bond motifs is 4. The minimum atomic E-state index is 0.317. The first-order valence-electron chi connectivity index (χ1n) is 7.16. The molecular weight excluding hydrogens is 384 g/mol. The molecular formula is C16H8O4S4.